The van der Waals surface area contributed by atoms with Crippen LogP contribution < -0.4 is 5.32 Å². The average molecular weight is 283 g/mol. The van der Waals surface area contributed by atoms with E-state index in [2.05, 4.69) is 59.5 Å². The monoisotopic (exact) mass is 283 g/mol. The number of aryl methyl sites for hydroxylation is 2. The summed E-state index contributed by atoms with van der Waals surface area (Å²) in [5.41, 5.74) is 1.25. The molecule has 0 bridgehead atoms. The number of hydrogen-bond acceptors (Lipinski definition) is 4. The van der Waals surface area contributed by atoms with Crippen LogP contribution in [0.3, 0.4) is 0 Å². The van der Waals surface area contributed by atoms with Crippen molar-refractivity contribution in [2.75, 3.05) is 5.32 Å². The van der Waals surface area contributed by atoms with Gasteiger partial charge in [-0.2, -0.15) is 0 Å². The molecule has 1 N–H and O–H groups in total. The lowest BCUT2D eigenvalue weighted by atomic mass is 10.1. The Morgan fingerprint density at radius 2 is 1.85 bits per heavy atom. The fourth-order valence-electron chi connectivity index (χ4n) is 2.29. The molecule has 1 unspecified atom stereocenters. The normalized spacial score (nSPS) is 12.6. The van der Waals surface area contributed by atoms with E-state index in [-0.39, 0.29) is 6.04 Å². The number of anilines is 1. The molecule has 3 aromatic rings. The van der Waals surface area contributed by atoms with E-state index >= 15 is 0 Å². The third kappa shape index (κ3) is 2.51. The molecule has 0 fully saturated rings. The number of aromatic nitrogens is 2. The van der Waals surface area contributed by atoms with Crippen molar-refractivity contribution >= 4 is 27.4 Å². The summed E-state index contributed by atoms with van der Waals surface area (Å²) >= 11 is 1.71. The predicted octanol–water partition coefficient (Wildman–Crippen LogP) is 4.48. The second kappa shape index (κ2) is 5.21. The zero-order valence-corrected chi connectivity index (χ0v) is 12.7. The van der Waals surface area contributed by atoms with E-state index < -0.39 is 0 Å². The van der Waals surface area contributed by atoms with Gasteiger partial charge in [-0.15, -0.1) is 11.3 Å². The summed E-state index contributed by atoms with van der Waals surface area (Å²) in [4.78, 5) is 11.4. The van der Waals surface area contributed by atoms with Crippen LogP contribution in [0, 0.1) is 13.8 Å². The second-order valence-corrected chi connectivity index (χ2v) is 6.21. The SMILES string of the molecule is Cc1nc(NC(C)c2ccccc2)c2cc(C)sc2n1. The molecule has 1 aromatic carbocycles. The van der Waals surface area contributed by atoms with E-state index in [1.54, 1.807) is 11.3 Å². The first-order valence-corrected chi connectivity index (χ1v) is 7.51. The fraction of sp³-hybridized carbons (Fsp3) is 0.250. The quantitative estimate of drug-likeness (QED) is 0.770. The number of hydrogen-bond donors (Lipinski definition) is 1. The van der Waals surface area contributed by atoms with Crippen LogP contribution in [0.25, 0.3) is 10.2 Å². The Bertz CT molecular complexity index is 734. The number of thiophene rings is 1. The van der Waals surface area contributed by atoms with Gasteiger partial charge in [-0.3, -0.25) is 0 Å². The highest BCUT2D eigenvalue weighted by Crippen LogP contribution is 2.30. The summed E-state index contributed by atoms with van der Waals surface area (Å²) in [7, 11) is 0. The number of benzene rings is 1. The molecule has 0 radical (unpaired) electrons. The van der Waals surface area contributed by atoms with Crippen LogP contribution in [0.5, 0.6) is 0 Å². The van der Waals surface area contributed by atoms with Crippen molar-refractivity contribution in [3.05, 3.63) is 52.7 Å². The van der Waals surface area contributed by atoms with E-state index in [0.29, 0.717) is 0 Å². The van der Waals surface area contributed by atoms with Crippen molar-refractivity contribution in [3.8, 4) is 0 Å². The van der Waals surface area contributed by atoms with E-state index in [1.807, 2.05) is 13.0 Å². The lowest BCUT2D eigenvalue weighted by Gasteiger charge is -2.15. The van der Waals surface area contributed by atoms with Crippen LogP contribution in [0.2, 0.25) is 0 Å². The third-order valence-corrected chi connectivity index (χ3v) is 4.22. The molecule has 0 saturated heterocycles. The predicted molar refractivity (Wildman–Crippen MR) is 85.4 cm³/mol. The highest BCUT2D eigenvalue weighted by Gasteiger charge is 2.12. The maximum absolute atomic E-state index is 4.56. The van der Waals surface area contributed by atoms with E-state index in [0.717, 1.165) is 21.9 Å². The maximum Gasteiger partial charge on any atom is 0.138 e. The number of nitrogens with zero attached hydrogens (tertiary/aromatic N) is 2. The molecule has 20 heavy (non-hydrogen) atoms. The minimum atomic E-state index is 0.217. The Morgan fingerprint density at radius 3 is 2.60 bits per heavy atom. The van der Waals surface area contributed by atoms with Gasteiger partial charge >= 0.3 is 0 Å². The summed E-state index contributed by atoms with van der Waals surface area (Å²) in [6.45, 7) is 6.19. The third-order valence-electron chi connectivity index (χ3n) is 3.28. The minimum Gasteiger partial charge on any atom is -0.363 e. The topological polar surface area (TPSA) is 37.8 Å². The van der Waals surface area contributed by atoms with Gasteiger partial charge in [-0.25, -0.2) is 9.97 Å². The number of nitrogens with one attached hydrogen (secondary N) is 1. The van der Waals surface area contributed by atoms with Crippen LogP contribution in [-0.4, -0.2) is 9.97 Å². The van der Waals surface area contributed by atoms with Gasteiger partial charge in [-0.1, -0.05) is 30.3 Å². The van der Waals surface area contributed by atoms with Gasteiger partial charge in [0.2, 0.25) is 0 Å². The Balaban J connectivity index is 1.98. The largest absolute Gasteiger partial charge is 0.363 e. The summed E-state index contributed by atoms with van der Waals surface area (Å²) < 4.78 is 0. The molecule has 4 heteroatoms. The first kappa shape index (κ1) is 13.1. The smallest absolute Gasteiger partial charge is 0.138 e. The molecule has 3 nitrogen and oxygen atoms in total. The molecular weight excluding hydrogens is 266 g/mol. The number of rotatable bonds is 3. The lowest BCUT2D eigenvalue weighted by Crippen LogP contribution is -2.09. The Kier molecular flexibility index (Phi) is 3.40. The highest BCUT2D eigenvalue weighted by atomic mass is 32.1. The zero-order chi connectivity index (χ0) is 14.1. The first-order chi connectivity index (χ1) is 9.63. The van der Waals surface area contributed by atoms with Gasteiger partial charge < -0.3 is 5.32 Å². The van der Waals surface area contributed by atoms with Crippen LogP contribution >= 0.6 is 11.3 Å². The fourth-order valence-corrected chi connectivity index (χ4v) is 3.21. The molecule has 102 valence electrons. The van der Waals surface area contributed by atoms with Crippen LogP contribution in [0.1, 0.15) is 29.2 Å². The molecule has 0 aliphatic carbocycles. The first-order valence-electron chi connectivity index (χ1n) is 6.70. The summed E-state index contributed by atoms with van der Waals surface area (Å²) in [6, 6.07) is 12.8. The van der Waals surface area contributed by atoms with Gasteiger partial charge in [0.05, 0.1) is 5.39 Å². The Labute approximate surface area is 122 Å². The van der Waals surface area contributed by atoms with E-state index in [9.17, 15) is 0 Å². The molecule has 0 saturated carbocycles. The van der Waals surface area contributed by atoms with Crippen molar-refractivity contribution in [2.24, 2.45) is 0 Å². The van der Waals surface area contributed by atoms with Crippen molar-refractivity contribution in [1.29, 1.82) is 0 Å². The molecule has 3 rings (SSSR count). The molecule has 0 spiro atoms. The molecule has 0 aliphatic heterocycles. The minimum absolute atomic E-state index is 0.217. The van der Waals surface area contributed by atoms with Crippen molar-refractivity contribution in [1.82, 2.24) is 9.97 Å². The molecule has 0 aliphatic rings. The van der Waals surface area contributed by atoms with Crippen molar-refractivity contribution in [2.45, 2.75) is 26.8 Å². The van der Waals surface area contributed by atoms with Crippen molar-refractivity contribution < 1.29 is 0 Å². The van der Waals surface area contributed by atoms with Crippen LogP contribution in [0.4, 0.5) is 5.82 Å². The summed E-state index contributed by atoms with van der Waals surface area (Å²) in [5.74, 6) is 1.73. The number of fused-ring (bicyclic) bond motifs is 1. The Morgan fingerprint density at radius 1 is 1.10 bits per heavy atom. The average Bonchev–Trinajstić information content (AvgIpc) is 2.80. The van der Waals surface area contributed by atoms with Gasteiger partial charge in [0.1, 0.15) is 16.5 Å². The van der Waals surface area contributed by atoms with Gasteiger partial charge in [0.25, 0.3) is 0 Å². The molecule has 1 atom stereocenters. The van der Waals surface area contributed by atoms with Crippen molar-refractivity contribution in [3.63, 3.8) is 0 Å². The Hall–Kier alpha value is -1.94. The van der Waals surface area contributed by atoms with Crippen LogP contribution in [0.15, 0.2) is 36.4 Å². The van der Waals surface area contributed by atoms with Crippen LogP contribution in [-0.2, 0) is 0 Å². The molecule has 2 heterocycles. The highest BCUT2D eigenvalue weighted by molar-refractivity contribution is 7.18. The zero-order valence-electron chi connectivity index (χ0n) is 11.8. The van der Waals surface area contributed by atoms with Gasteiger partial charge in [0.15, 0.2) is 0 Å². The van der Waals surface area contributed by atoms with Gasteiger partial charge in [-0.05, 0) is 32.4 Å². The van der Waals surface area contributed by atoms with Gasteiger partial charge in [0, 0.05) is 10.9 Å². The molecule has 0 amide bonds. The summed E-state index contributed by atoms with van der Waals surface area (Å²) in [5, 5.41) is 4.62. The van der Waals surface area contributed by atoms with E-state index in [1.165, 1.54) is 10.4 Å². The maximum atomic E-state index is 4.56. The standard InChI is InChI=1S/C16H17N3S/c1-10-9-14-15(18-12(3)19-16(14)20-10)17-11(2)13-7-5-4-6-8-13/h4-9,11H,1-3H3,(H,17,18,19). The molecular formula is C16H17N3S. The second-order valence-electron chi connectivity index (χ2n) is 4.97. The lowest BCUT2D eigenvalue weighted by molar-refractivity contribution is 0.872. The van der Waals surface area contributed by atoms with E-state index in [4.69, 9.17) is 0 Å². The molecule has 2 aromatic heterocycles. The summed E-state index contributed by atoms with van der Waals surface area (Å²) in [6.07, 6.45) is 0.